The number of alkyl halides is 5. The molecule has 0 radical (unpaired) electrons. The van der Waals surface area contributed by atoms with E-state index in [0.29, 0.717) is 0 Å². The van der Waals surface area contributed by atoms with Gasteiger partial charge in [0.25, 0.3) is 0 Å². The molecule has 0 aliphatic carbocycles. The van der Waals surface area contributed by atoms with Crippen molar-refractivity contribution in [2.24, 2.45) is 5.73 Å². The standard InChI is InChI=1S/C9H6BrF6N.ClH/c10-4-2-1-3-5(11)6(4)7(17)8(12,13)9(14,15)16;/h1-3,7H,17H2;1H/t7-;/m1./s1. The molecule has 0 unspecified atom stereocenters. The molecule has 18 heavy (non-hydrogen) atoms. The van der Waals surface area contributed by atoms with Crippen molar-refractivity contribution >= 4 is 28.3 Å². The van der Waals surface area contributed by atoms with Crippen LogP contribution in [-0.2, 0) is 0 Å². The van der Waals surface area contributed by atoms with E-state index in [0.717, 1.165) is 18.2 Å². The first kappa shape index (κ1) is 17.5. The summed E-state index contributed by atoms with van der Waals surface area (Å²) < 4.78 is 75.0. The molecule has 0 aliphatic heterocycles. The summed E-state index contributed by atoms with van der Waals surface area (Å²) in [5.74, 6) is -6.44. The average Bonchev–Trinajstić information content (AvgIpc) is 2.15. The Balaban J connectivity index is 0.00000289. The fraction of sp³-hybridized carbons (Fsp3) is 0.333. The lowest BCUT2D eigenvalue weighted by atomic mass is 10.0. The van der Waals surface area contributed by atoms with Gasteiger partial charge in [0.15, 0.2) is 0 Å². The molecule has 9 heteroatoms. The van der Waals surface area contributed by atoms with Gasteiger partial charge in [-0.05, 0) is 12.1 Å². The Labute approximate surface area is 113 Å². The van der Waals surface area contributed by atoms with Gasteiger partial charge in [-0.1, -0.05) is 22.0 Å². The van der Waals surface area contributed by atoms with Gasteiger partial charge in [0.05, 0.1) is 0 Å². The Bertz CT molecular complexity index is 402. The minimum atomic E-state index is -5.84. The maximum atomic E-state index is 13.2. The second-order valence-corrected chi connectivity index (χ2v) is 4.09. The van der Waals surface area contributed by atoms with Crippen LogP contribution in [0.15, 0.2) is 22.7 Å². The summed E-state index contributed by atoms with van der Waals surface area (Å²) in [6, 6.07) is 0.233. The van der Waals surface area contributed by atoms with Crippen LogP contribution in [-0.4, -0.2) is 12.1 Å². The average molecular weight is 359 g/mol. The van der Waals surface area contributed by atoms with Crippen LogP contribution < -0.4 is 5.73 Å². The molecule has 0 aliphatic rings. The second-order valence-electron chi connectivity index (χ2n) is 3.23. The third kappa shape index (κ3) is 3.10. The van der Waals surface area contributed by atoms with E-state index in [-0.39, 0.29) is 16.9 Å². The highest BCUT2D eigenvalue weighted by Crippen LogP contribution is 2.45. The Kier molecular flexibility index (Phi) is 5.52. The van der Waals surface area contributed by atoms with Gasteiger partial charge >= 0.3 is 12.1 Å². The van der Waals surface area contributed by atoms with Crippen LogP contribution in [0.3, 0.4) is 0 Å². The molecule has 1 aromatic rings. The predicted molar refractivity (Wildman–Crippen MR) is 59.3 cm³/mol. The predicted octanol–water partition coefficient (Wildman–Crippen LogP) is 4.21. The highest BCUT2D eigenvalue weighted by molar-refractivity contribution is 9.10. The summed E-state index contributed by atoms with van der Waals surface area (Å²) in [5, 5.41) is 0. The zero-order valence-electron chi connectivity index (χ0n) is 8.44. The lowest BCUT2D eigenvalue weighted by molar-refractivity contribution is -0.291. The second kappa shape index (κ2) is 5.66. The van der Waals surface area contributed by atoms with Crippen LogP contribution in [0.2, 0.25) is 0 Å². The molecule has 2 N–H and O–H groups in total. The molecule has 0 aromatic heterocycles. The molecule has 1 nitrogen and oxygen atoms in total. The lowest BCUT2D eigenvalue weighted by Crippen LogP contribution is -2.46. The molecule has 0 heterocycles. The highest BCUT2D eigenvalue weighted by Gasteiger charge is 2.62. The molecule has 104 valence electrons. The van der Waals surface area contributed by atoms with Gasteiger partial charge in [-0.15, -0.1) is 12.4 Å². The number of nitrogens with two attached hydrogens (primary N) is 1. The first-order valence-electron chi connectivity index (χ1n) is 4.23. The van der Waals surface area contributed by atoms with Crippen LogP contribution in [0.5, 0.6) is 0 Å². The molecule has 1 atom stereocenters. The molecule has 0 fully saturated rings. The molecule has 0 saturated carbocycles. The van der Waals surface area contributed by atoms with Crippen molar-refractivity contribution in [3.8, 4) is 0 Å². The summed E-state index contributed by atoms with van der Waals surface area (Å²) in [7, 11) is 0. The number of hydrogen-bond acceptors (Lipinski definition) is 1. The van der Waals surface area contributed by atoms with Crippen molar-refractivity contribution in [1.82, 2.24) is 0 Å². The van der Waals surface area contributed by atoms with Gasteiger partial charge < -0.3 is 5.73 Å². The van der Waals surface area contributed by atoms with Crippen LogP contribution >= 0.6 is 28.3 Å². The molecular formula is C9H7BrClF6N. The van der Waals surface area contributed by atoms with E-state index >= 15 is 0 Å². The van der Waals surface area contributed by atoms with Crippen molar-refractivity contribution in [2.45, 2.75) is 18.1 Å². The zero-order valence-corrected chi connectivity index (χ0v) is 10.8. The van der Waals surface area contributed by atoms with E-state index in [4.69, 9.17) is 5.73 Å². The Morgan fingerprint density at radius 1 is 1.11 bits per heavy atom. The smallest absolute Gasteiger partial charge is 0.319 e. The topological polar surface area (TPSA) is 26.0 Å². The number of halogens is 8. The molecule has 0 bridgehead atoms. The summed E-state index contributed by atoms with van der Waals surface area (Å²) in [6.07, 6.45) is -5.84. The van der Waals surface area contributed by atoms with Gasteiger partial charge in [-0.2, -0.15) is 22.0 Å². The van der Waals surface area contributed by atoms with Crippen LogP contribution in [0.25, 0.3) is 0 Å². The normalized spacial score (nSPS) is 14.0. The highest BCUT2D eigenvalue weighted by atomic mass is 79.9. The summed E-state index contributed by atoms with van der Waals surface area (Å²) in [4.78, 5) is 0. The van der Waals surface area contributed by atoms with Crippen molar-refractivity contribution in [1.29, 1.82) is 0 Å². The first-order chi connectivity index (χ1) is 7.59. The fourth-order valence-electron chi connectivity index (χ4n) is 1.17. The lowest BCUT2D eigenvalue weighted by Gasteiger charge is -2.26. The summed E-state index contributed by atoms with van der Waals surface area (Å²) in [5.41, 5.74) is 3.91. The van der Waals surface area contributed by atoms with Gasteiger partial charge in [0.2, 0.25) is 0 Å². The number of hydrogen-bond donors (Lipinski definition) is 1. The van der Waals surface area contributed by atoms with E-state index in [9.17, 15) is 26.3 Å². The van der Waals surface area contributed by atoms with Gasteiger partial charge in [0, 0.05) is 10.0 Å². The van der Waals surface area contributed by atoms with E-state index < -0.39 is 29.5 Å². The van der Waals surface area contributed by atoms with Crippen molar-refractivity contribution in [2.75, 3.05) is 0 Å². The van der Waals surface area contributed by atoms with E-state index in [1.165, 1.54) is 0 Å². The zero-order chi connectivity index (χ0) is 13.4. The van der Waals surface area contributed by atoms with Gasteiger partial charge in [-0.3, -0.25) is 0 Å². The number of benzene rings is 1. The molecule has 0 spiro atoms. The quantitative estimate of drug-likeness (QED) is 0.788. The first-order valence-corrected chi connectivity index (χ1v) is 5.02. The molecule has 0 amide bonds. The maximum absolute atomic E-state index is 13.2. The SMILES string of the molecule is Cl.N[C@H](c1c(F)cccc1Br)C(F)(F)C(F)(F)F. The monoisotopic (exact) mass is 357 g/mol. The maximum Gasteiger partial charge on any atom is 0.455 e. The Hall–Kier alpha value is -0.470. The summed E-state index contributed by atoms with van der Waals surface area (Å²) in [6.45, 7) is 0. The molecular weight excluding hydrogens is 351 g/mol. The minimum absolute atomic E-state index is 0. The van der Waals surface area contributed by atoms with Crippen molar-refractivity contribution in [3.05, 3.63) is 34.1 Å². The third-order valence-electron chi connectivity index (χ3n) is 2.08. The van der Waals surface area contributed by atoms with Crippen LogP contribution in [0.1, 0.15) is 11.6 Å². The van der Waals surface area contributed by atoms with Crippen molar-refractivity contribution < 1.29 is 26.3 Å². The molecule has 1 aromatic carbocycles. The summed E-state index contributed by atoms with van der Waals surface area (Å²) >= 11 is 2.69. The van der Waals surface area contributed by atoms with Crippen LogP contribution in [0.4, 0.5) is 26.3 Å². The Morgan fingerprint density at radius 3 is 2.00 bits per heavy atom. The largest absolute Gasteiger partial charge is 0.455 e. The van der Waals surface area contributed by atoms with E-state index in [2.05, 4.69) is 15.9 Å². The number of rotatable bonds is 2. The van der Waals surface area contributed by atoms with E-state index in [1.54, 1.807) is 0 Å². The van der Waals surface area contributed by atoms with Gasteiger partial charge in [-0.25, -0.2) is 4.39 Å². The Morgan fingerprint density at radius 2 is 1.61 bits per heavy atom. The minimum Gasteiger partial charge on any atom is -0.319 e. The van der Waals surface area contributed by atoms with Crippen LogP contribution in [0, 0.1) is 5.82 Å². The molecule has 1 rings (SSSR count). The van der Waals surface area contributed by atoms with E-state index in [1.807, 2.05) is 0 Å². The molecule has 0 saturated heterocycles. The third-order valence-corrected chi connectivity index (χ3v) is 2.77. The fourth-order valence-corrected chi connectivity index (χ4v) is 1.75. The van der Waals surface area contributed by atoms with Gasteiger partial charge in [0.1, 0.15) is 11.9 Å². The van der Waals surface area contributed by atoms with Crippen molar-refractivity contribution in [3.63, 3.8) is 0 Å².